The highest BCUT2D eigenvalue weighted by molar-refractivity contribution is 6.12. The lowest BCUT2D eigenvalue weighted by atomic mass is 10.1. The van der Waals surface area contributed by atoms with Crippen LogP contribution in [0.5, 0.6) is 0 Å². The van der Waals surface area contributed by atoms with E-state index < -0.39 is 0 Å². The van der Waals surface area contributed by atoms with Crippen LogP contribution < -0.4 is 10.9 Å². The highest BCUT2D eigenvalue weighted by Crippen LogP contribution is 2.17. The first-order valence-electron chi connectivity index (χ1n) is 8.41. The SMILES string of the molecule is CC(C)CCn1cc(C(=O)Nc2ccccn2)c2ccccc2c1=O. The van der Waals surface area contributed by atoms with Gasteiger partial charge in [0.05, 0.1) is 5.56 Å². The molecule has 0 atom stereocenters. The van der Waals surface area contributed by atoms with Gasteiger partial charge in [0.1, 0.15) is 5.82 Å². The number of aryl methyl sites for hydroxylation is 1. The van der Waals surface area contributed by atoms with Crippen LogP contribution >= 0.6 is 0 Å². The summed E-state index contributed by atoms with van der Waals surface area (Å²) in [6.45, 7) is 4.81. The lowest BCUT2D eigenvalue weighted by Crippen LogP contribution is -2.24. The van der Waals surface area contributed by atoms with Crippen LogP contribution in [0.1, 0.15) is 30.6 Å². The Kier molecular flexibility index (Phi) is 4.93. The van der Waals surface area contributed by atoms with E-state index in [1.165, 1.54) is 0 Å². The lowest BCUT2D eigenvalue weighted by Gasteiger charge is -2.13. The summed E-state index contributed by atoms with van der Waals surface area (Å²) in [5, 5.41) is 4.01. The second-order valence-corrected chi connectivity index (χ2v) is 6.44. The first-order chi connectivity index (χ1) is 12.1. The number of hydrogen-bond donors (Lipinski definition) is 1. The molecule has 0 spiro atoms. The Balaban J connectivity index is 2.05. The van der Waals surface area contributed by atoms with E-state index in [2.05, 4.69) is 24.1 Å². The second-order valence-electron chi connectivity index (χ2n) is 6.44. The highest BCUT2D eigenvalue weighted by Gasteiger charge is 2.15. The number of rotatable bonds is 5. The maximum Gasteiger partial charge on any atom is 0.258 e. The number of pyridine rings is 2. The molecule has 0 fully saturated rings. The number of carbonyl (C=O) groups excluding carboxylic acids is 1. The number of amides is 1. The molecule has 3 rings (SSSR count). The van der Waals surface area contributed by atoms with E-state index in [4.69, 9.17) is 0 Å². The first kappa shape index (κ1) is 16.9. The van der Waals surface area contributed by atoms with Crippen LogP contribution in [0.3, 0.4) is 0 Å². The van der Waals surface area contributed by atoms with Gasteiger partial charge in [0.2, 0.25) is 0 Å². The number of aromatic nitrogens is 2. The van der Waals surface area contributed by atoms with Crippen molar-refractivity contribution < 1.29 is 4.79 Å². The Morgan fingerprint density at radius 3 is 2.52 bits per heavy atom. The molecule has 5 nitrogen and oxygen atoms in total. The van der Waals surface area contributed by atoms with E-state index in [1.54, 1.807) is 41.2 Å². The zero-order chi connectivity index (χ0) is 17.8. The molecule has 0 aliphatic rings. The molecule has 5 heteroatoms. The third kappa shape index (κ3) is 3.76. The standard InChI is InChI=1S/C20H21N3O2/c1-14(2)10-12-23-13-17(15-7-3-4-8-16(15)20(23)25)19(24)22-18-9-5-6-11-21-18/h3-9,11,13-14H,10,12H2,1-2H3,(H,21,22,24). The van der Waals surface area contributed by atoms with Crippen molar-refractivity contribution in [2.45, 2.75) is 26.8 Å². The minimum Gasteiger partial charge on any atom is -0.314 e. The van der Waals surface area contributed by atoms with Gasteiger partial charge >= 0.3 is 0 Å². The van der Waals surface area contributed by atoms with Crippen LogP contribution in [-0.4, -0.2) is 15.5 Å². The van der Waals surface area contributed by atoms with Crippen LogP contribution in [0.4, 0.5) is 5.82 Å². The summed E-state index contributed by atoms with van der Waals surface area (Å²) < 4.78 is 1.63. The molecule has 1 N–H and O–H groups in total. The molecule has 0 radical (unpaired) electrons. The summed E-state index contributed by atoms with van der Waals surface area (Å²) in [4.78, 5) is 29.6. The zero-order valence-electron chi connectivity index (χ0n) is 14.4. The fourth-order valence-corrected chi connectivity index (χ4v) is 2.71. The maximum atomic E-state index is 12.8. The Morgan fingerprint density at radius 2 is 1.84 bits per heavy atom. The number of benzene rings is 1. The molecule has 0 aliphatic heterocycles. The summed E-state index contributed by atoms with van der Waals surface area (Å²) in [5.41, 5.74) is 0.412. The molecule has 0 bridgehead atoms. The highest BCUT2D eigenvalue weighted by atomic mass is 16.2. The van der Waals surface area contributed by atoms with Crippen molar-refractivity contribution in [1.82, 2.24) is 9.55 Å². The first-order valence-corrected chi connectivity index (χ1v) is 8.41. The quantitative estimate of drug-likeness (QED) is 0.773. The second kappa shape index (κ2) is 7.30. The molecule has 0 saturated carbocycles. The van der Waals surface area contributed by atoms with Gasteiger partial charge in [0.15, 0.2) is 0 Å². The zero-order valence-corrected chi connectivity index (χ0v) is 14.4. The van der Waals surface area contributed by atoms with E-state index in [-0.39, 0.29) is 11.5 Å². The fraction of sp³-hybridized carbons (Fsp3) is 0.250. The topological polar surface area (TPSA) is 64.0 Å². The number of hydrogen-bond acceptors (Lipinski definition) is 3. The van der Waals surface area contributed by atoms with Crippen molar-refractivity contribution in [3.05, 3.63) is 70.8 Å². The Labute approximate surface area is 146 Å². The average molecular weight is 335 g/mol. The number of anilines is 1. The third-order valence-corrected chi connectivity index (χ3v) is 4.09. The van der Waals surface area contributed by atoms with Gasteiger partial charge in [0, 0.05) is 29.7 Å². The van der Waals surface area contributed by atoms with E-state index >= 15 is 0 Å². The molecular weight excluding hydrogens is 314 g/mol. The predicted molar refractivity (Wildman–Crippen MR) is 99.9 cm³/mol. The number of fused-ring (bicyclic) bond motifs is 1. The minimum absolute atomic E-state index is 0.0642. The van der Waals surface area contributed by atoms with Crippen molar-refractivity contribution in [1.29, 1.82) is 0 Å². The van der Waals surface area contributed by atoms with E-state index in [9.17, 15) is 9.59 Å². The van der Waals surface area contributed by atoms with Crippen LogP contribution in [-0.2, 0) is 6.54 Å². The molecule has 2 heterocycles. The van der Waals surface area contributed by atoms with E-state index in [1.807, 2.05) is 18.2 Å². The van der Waals surface area contributed by atoms with Gasteiger partial charge in [-0.25, -0.2) is 4.98 Å². The summed E-state index contributed by atoms with van der Waals surface area (Å²) in [7, 11) is 0. The smallest absolute Gasteiger partial charge is 0.258 e. The van der Waals surface area contributed by atoms with E-state index in [0.717, 1.165) is 6.42 Å². The van der Waals surface area contributed by atoms with Gasteiger partial charge in [-0.2, -0.15) is 0 Å². The van der Waals surface area contributed by atoms with Gasteiger partial charge in [-0.15, -0.1) is 0 Å². The molecule has 0 aliphatic carbocycles. The molecule has 1 amide bonds. The molecule has 0 unspecified atom stereocenters. The average Bonchev–Trinajstić information content (AvgIpc) is 2.62. The Hall–Kier alpha value is -2.95. The monoisotopic (exact) mass is 335 g/mol. The van der Waals surface area contributed by atoms with Crippen LogP contribution in [0.25, 0.3) is 10.8 Å². The summed E-state index contributed by atoms with van der Waals surface area (Å²) >= 11 is 0. The molecular formula is C20H21N3O2. The van der Waals surface area contributed by atoms with E-state index in [0.29, 0.717) is 34.6 Å². The molecule has 128 valence electrons. The predicted octanol–water partition coefficient (Wildman–Crippen LogP) is 3.69. The van der Waals surface area contributed by atoms with Gasteiger partial charge in [-0.3, -0.25) is 9.59 Å². The lowest BCUT2D eigenvalue weighted by molar-refractivity contribution is 0.102. The number of carbonyl (C=O) groups is 1. The number of nitrogens with zero attached hydrogens (tertiary/aromatic N) is 2. The maximum absolute atomic E-state index is 12.8. The van der Waals surface area contributed by atoms with Crippen molar-refractivity contribution in [2.75, 3.05) is 5.32 Å². The molecule has 3 aromatic rings. The molecule has 0 saturated heterocycles. The summed E-state index contributed by atoms with van der Waals surface area (Å²) in [5.74, 6) is 0.689. The van der Waals surface area contributed by atoms with Crippen molar-refractivity contribution in [3.8, 4) is 0 Å². The Morgan fingerprint density at radius 1 is 1.12 bits per heavy atom. The largest absolute Gasteiger partial charge is 0.314 e. The molecule has 2 aromatic heterocycles. The van der Waals surface area contributed by atoms with Gasteiger partial charge < -0.3 is 9.88 Å². The van der Waals surface area contributed by atoms with Crippen LogP contribution in [0.15, 0.2) is 59.7 Å². The summed E-state index contributed by atoms with van der Waals surface area (Å²) in [6.07, 6.45) is 4.15. The van der Waals surface area contributed by atoms with Crippen molar-refractivity contribution in [2.24, 2.45) is 5.92 Å². The molecule has 1 aromatic carbocycles. The van der Waals surface area contributed by atoms with Crippen LogP contribution in [0.2, 0.25) is 0 Å². The van der Waals surface area contributed by atoms with Crippen molar-refractivity contribution >= 4 is 22.5 Å². The summed E-state index contributed by atoms with van der Waals surface area (Å²) in [6, 6.07) is 12.5. The minimum atomic E-state index is -0.270. The number of nitrogens with one attached hydrogen (secondary N) is 1. The Bertz CT molecular complexity index is 946. The van der Waals surface area contributed by atoms with Gasteiger partial charge in [-0.1, -0.05) is 38.1 Å². The third-order valence-electron chi connectivity index (χ3n) is 4.09. The van der Waals surface area contributed by atoms with Crippen LogP contribution in [0, 0.1) is 5.92 Å². The normalized spacial score (nSPS) is 11.0. The molecule has 25 heavy (non-hydrogen) atoms. The van der Waals surface area contributed by atoms with Gasteiger partial charge in [-0.05, 0) is 30.5 Å². The van der Waals surface area contributed by atoms with Crippen molar-refractivity contribution in [3.63, 3.8) is 0 Å². The van der Waals surface area contributed by atoms with Gasteiger partial charge in [0.25, 0.3) is 11.5 Å². The fourth-order valence-electron chi connectivity index (χ4n) is 2.71.